The zero-order chi connectivity index (χ0) is 20.8. The summed E-state index contributed by atoms with van der Waals surface area (Å²) in [6, 6.07) is 28.2. The Bertz CT molecular complexity index is 1170. The standard InChI is InChI=1S/C24H23N5O/c25-28-24(29-26)20-6-3-4-18(15-20)14-17-8-12-22(13-9-17)30-16-21-11-10-19-5-1-2-7-23(19)27-21/h1-13,15H,14,16,25-26H2,(H,28,29). The number of aromatic nitrogens is 1. The first-order valence-corrected chi connectivity index (χ1v) is 9.65. The third kappa shape index (κ3) is 4.56. The number of benzene rings is 3. The molecule has 1 aromatic heterocycles. The van der Waals surface area contributed by atoms with Crippen molar-refractivity contribution < 1.29 is 4.74 Å². The fraction of sp³-hybridized carbons (Fsp3) is 0.0833. The largest absolute Gasteiger partial charge is 0.487 e. The van der Waals surface area contributed by atoms with Crippen LogP contribution in [0, 0.1) is 0 Å². The van der Waals surface area contributed by atoms with Crippen LogP contribution in [0.4, 0.5) is 0 Å². The Kier molecular flexibility index (Phi) is 5.87. The Hall–Kier alpha value is -3.90. The van der Waals surface area contributed by atoms with Crippen molar-refractivity contribution in [1.82, 2.24) is 10.4 Å². The Balaban J connectivity index is 1.40. The van der Waals surface area contributed by atoms with Gasteiger partial charge in [0.25, 0.3) is 0 Å². The number of nitrogens with zero attached hydrogens (tertiary/aromatic N) is 2. The molecule has 0 aliphatic carbocycles. The molecule has 4 aromatic rings. The van der Waals surface area contributed by atoms with Gasteiger partial charge in [-0.25, -0.2) is 10.8 Å². The number of amidine groups is 1. The summed E-state index contributed by atoms with van der Waals surface area (Å²) in [7, 11) is 0. The lowest BCUT2D eigenvalue weighted by Gasteiger charge is -2.09. The molecule has 0 spiro atoms. The monoisotopic (exact) mass is 397 g/mol. The van der Waals surface area contributed by atoms with Crippen molar-refractivity contribution in [2.24, 2.45) is 16.8 Å². The molecule has 0 atom stereocenters. The first-order chi connectivity index (χ1) is 14.7. The topological polar surface area (TPSA) is 98.5 Å². The number of hydrazine groups is 1. The van der Waals surface area contributed by atoms with Gasteiger partial charge in [0.15, 0.2) is 5.84 Å². The van der Waals surface area contributed by atoms with Crippen molar-refractivity contribution in [3.05, 3.63) is 107 Å². The highest BCUT2D eigenvalue weighted by atomic mass is 16.5. The van der Waals surface area contributed by atoms with Crippen molar-refractivity contribution in [2.45, 2.75) is 13.0 Å². The van der Waals surface area contributed by atoms with Crippen LogP contribution in [0.15, 0.2) is 90.0 Å². The summed E-state index contributed by atoms with van der Waals surface area (Å²) in [5.74, 6) is 12.1. The Morgan fingerprint density at radius 1 is 0.900 bits per heavy atom. The van der Waals surface area contributed by atoms with Gasteiger partial charge in [-0.2, -0.15) is 5.10 Å². The number of fused-ring (bicyclic) bond motifs is 1. The Morgan fingerprint density at radius 2 is 1.73 bits per heavy atom. The van der Waals surface area contributed by atoms with Crippen LogP contribution in [-0.4, -0.2) is 10.8 Å². The zero-order valence-corrected chi connectivity index (χ0v) is 16.5. The van der Waals surface area contributed by atoms with Gasteiger partial charge in [0.05, 0.1) is 11.2 Å². The van der Waals surface area contributed by atoms with Gasteiger partial charge in [-0.3, -0.25) is 0 Å². The van der Waals surface area contributed by atoms with Crippen molar-refractivity contribution in [3.8, 4) is 5.75 Å². The molecule has 3 aromatic carbocycles. The van der Waals surface area contributed by atoms with E-state index in [0.29, 0.717) is 12.4 Å². The van der Waals surface area contributed by atoms with E-state index in [1.165, 1.54) is 5.56 Å². The number of nitrogens with one attached hydrogen (secondary N) is 1. The van der Waals surface area contributed by atoms with Gasteiger partial charge in [0.2, 0.25) is 0 Å². The van der Waals surface area contributed by atoms with E-state index in [2.05, 4.69) is 45.8 Å². The summed E-state index contributed by atoms with van der Waals surface area (Å²) in [4.78, 5) is 4.64. The SMILES string of the molecule is NN=C(NN)c1cccc(Cc2ccc(OCc3ccc4ccccc4n3)cc2)c1. The number of hydrazone groups is 1. The molecule has 0 aliphatic rings. The molecular weight excluding hydrogens is 374 g/mol. The minimum absolute atomic E-state index is 0.430. The molecular formula is C24H23N5O. The molecule has 6 nitrogen and oxygen atoms in total. The molecule has 30 heavy (non-hydrogen) atoms. The molecule has 0 saturated heterocycles. The predicted molar refractivity (Wildman–Crippen MR) is 120 cm³/mol. The number of hydrogen-bond acceptors (Lipinski definition) is 5. The zero-order valence-electron chi connectivity index (χ0n) is 16.5. The maximum atomic E-state index is 5.91. The van der Waals surface area contributed by atoms with Gasteiger partial charge in [0, 0.05) is 10.9 Å². The number of rotatable bonds is 6. The molecule has 0 aliphatic heterocycles. The second-order valence-electron chi connectivity index (χ2n) is 6.93. The van der Waals surface area contributed by atoms with Crippen molar-refractivity contribution >= 4 is 16.7 Å². The van der Waals surface area contributed by atoms with E-state index < -0.39 is 0 Å². The van der Waals surface area contributed by atoms with Gasteiger partial charge in [-0.1, -0.05) is 54.6 Å². The summed E-state index contributed by atoms with van der Waals surface area (Å²) in [6.07, 6.45) is 0.781. The molecule has 0 radical (unpaired) electrons. The molecule has 0 bridgehead atoms. The highest BCUT2D eigenvalue weighted by Crippen LogP contribution is 2.18. The second kappa shape index (κ2) is 9.07. The fourth-order valence-electron chi connectivity index (χ4n) is 3.31. The van der Waals surface area contributed by atoms with Gasteiger partial charge in [-0.15, -0.1) is 0 Å². The van der Waals surface area contributed by atoms with Crippen LogP contribution in [0.5, 0.6) is 5.75 Å². The second-order valence-corrected chi connectivity index (χ2v) is 6.93. The Morgan fingerprint density at radius 3 is 2.53 bits per heavy atom. The summed E-state index contributed by atoms with van der Waals surface area (Å²) in [6.45, 7) is 0.430. The number of nitrogens with two attached hydrogens (primary N) is 2. The molecule has 4 rings (SSSR count). The predicted octanol–water partition coefficient (Wildman–Crippen LogP) is 3.49. The highest BCUT2D eigenvalue weighted by Gasteiger charge is 2.05. The van der Waals surface area contributed by atoms with E-state index in [1.54, 1.807) is 0 Å². The summed E-state index contributed by atoms with van der Waals surface area (Å²) in [5.41, 5.74) is 7.55. The quantitative estimate of drug-likeness (QED) is 0.200. The van der Waals surface area contributed by atoms with Crippen LogP contribution in [0.25, 0.3) is 10.9 Å². The molecule has 6 heteroatoms. The van der Waals surface area contributed by atoms with Gasteiger partial charge in [-0.05, 0) is 47.9 Å². The number of para-hydroxylation sites is 1. The van der Waals surface area contributed by atoms with Gasteiger partial charge >= 0.3 is 0 Å². The van der Waals surface area contributed by atoms with E-state index >= 15 is 0 Å². The lowest BCUT2D eigenvalue weighted by Crippen LogP contribution is -2.32. The number of ether oxygens (including phenoxy) is 1. The van der Waals surface area contributed by atoms with Crippen LogP contribution >= 0.6 is 0 Å². The van der Waals surface area contributed by atoms with Crippen molar-refractivity contribution in [3.63, 3.8) is 0 Å². The van der Waals surface area contributed by atoms with E-state index in [-0.39, 0.29) is 0 Å². The summed E-state index contributed by atoms with van der Waals surface area (Å²) < 4.78 is 5.91. The molecule has 0 amide bonds. The molecule has 0 saturated carbocycles. The molecule has 150 valence electrons. The third-order valence-electron chi connectivity index (χ3n) is 4.84. The molecule has 5 N–H and O–H groups in total. The third-order valence-corrected chi connectivity index (χ3v) is 4.84. The van der Waals surface area contributed by atoms with Gasteiger partial charge < -0.3 is 16.0 Å². The average Bonchev–Trinajstić information content (AvgIpc) is 2.80. The maximum Gasteiger partial charge on any atom is 0.166 e. The van der Waals surface area contributed by atoms with E-state index in [0.717, 1.165) is 39.9 Å². The lowest BCUT2D eigenvalue weighted by atomic mass is 10.0. The van der Waals surface area contributed by atoms with E-state index in [9.17, 15) is 0 Å². The fourth-order valence-corrected chi connectivity index (χ4v) is 3.31. The minimum Gasteiger partial charge on any atom is -0.487 e. The summed E-state index contributed by atoms with van der Waals surface area (Å²) in [5, 5.41) is 4.78. The van der Waals surface area contributed by atoms with E-state index in [4.69, 9.17) is 16.4 Å². The molecule has 0 unspecified atom stereocenters. The van der Waals surface area contributed by atoms with Crippen molar-refractivity contribution in [1.29, 1.82) is 0 Å². The number of pyridine rings is 1. The Labute approximate surface area is 175 Å². The van der Waals surface area contributed by atoms with Gasteiger partial charge in [0.1, 0.15) is 12.4 Å². The van der Waals surface area contributed by atoms with E-state index in [1.807, 2.05) is 54.6 Å². The van der Waals surface area contributed by atoms with Crippen molar-refractivity contribution in [2.75, 3.05) is 0 Å². The van der Waals surface area contributed by atoms with Crippen LogP contribution < -0.4 is 21.8 Å². The molecule has 1 heterocycles. The van der Waals surface area contributed by atoms with Crippen LogP contribution in [0.1, 0.15) is 22.4 Å². The lowest BCUT2D eigenvalue weighted by molar-refractivity contribution is 0.301. The number of hydrogen-bond donors (Lipinski definition) is 3. The smallest absolute Gasteiger partial charge is 0.166 e. The molecule has 0 fully saturated rings. The first-order valence-electron chi connectivity index (χ1n) is 9.65. The van der Waals surface area contributed by atoms with Crippen LogP contribution in [-0.2, 0) is 13.0 Å². The van der Waals surface area contributed by atoms with Crippen LogP contribution in [0.2, 0.25) is 0 Å². The minimum atomic E-state index is 0.430. The summed E-state index contributed by atoms with van der Waals surface area (Å²) >= 11 is 0. The highest BCUT2D eigenvalue weighted by molar-refractivity contribution is 5.98. The average molecular weight is 397 g/mol. The normalized spacial score (nSPS) is 11.4. The van der Waals surface area contributed by atoms with Crippen LogP contribution in [0.3, 0.4) is 0 Å². The maximum absolute atomic E-state index is 5.91. The first kappa shape index (κ1) is 19.4.